The zero-order valence-corrected chi connectivity index (χ0v) is 15.7. The number of carbonyl (C=O) groups is 2. The molecule has 0 bridgehead atoms. The highest BCUT2D eigenvalue weighted by molar-refractivity contribution is 9.10. The van der Waals surface area contributed by atoms with Crippen LogP contribution in [-0.4, -0.2) is 11.8 Å². The van der Waals surface area contributed by atoms with Gasteiger partial charge in [0.1, 0.15) is 11.1 Å². The molecule has 0 atom stereocenters. The van der Waals surface area contributed by atoms with E-state index in [0.717, 1.165) is 4.47 Å². The molecular weight excluding hydrogens is 456 g/mol. The van der Waals surface area contributed by atoms with Gasteiger partial charge in [0.2, 0.25) is 0 Å². The standard InChI is InChI=1S/C17H10Br2N2O4/c18-10-5-6-14-9(7-10)8-12(17(24)25-14)16(23)21-20-15(22)11-3-1-2-4-13(11)19/h1-8H,(H,20,22)(H,21,23). The smallest absolute Gasteiger partial charge is 0.349 e. The third-order valence-electron chi connectivity index (χ3n) is 3.35. The molecule has 3 aromatic rings. The molecule has 0 aliphatic carbocycles. The number of amides is 2. The lowest BCUT2D eigenvalue weighted by molar-refractivity contribution is 0.0844. The Morgan fingerprint density at radius 1 is 0.880 bits per heavy atom. The lowest BCUT2D eigenvalue weighted by Crippen LogP contribution is -2.43. The third-order valence-corrected chi connectivity index (χ3v) is 4.53. The van der Waals surface area contributed by atoms with E-state index in [1.54, 1.807) is 42.5 Å². The van der Waals surface area contributed by atoms with Crippen LogP contribution in [0.4, 0.5) is 0 Å². The van der Waals surface area contributed by atoms with E-state index >= 15 is 0 Å². The molecular formula is C17H10Br2N2O4. The fourth-order valence-electron chi connectivity index (χ4n) is 2.15. The van der Waals surface area contributed by atoms with Crippen LogP contribution in [0.5, 0.6) is 0 Å². The minimum atomic E-state index is -0.789. The Hall–Kier alpha value is -2.45. The van der Waals surface area contributed by atoms with E-state index in [9.17, 15) is 14.4 Å². The number of halogens is 2. The second-order valence-electron chi connectivity index (χ2n) is 5.02. The lowest BCUT2D eigenvalue weighted by Gasteiger charge is -2.08. The van der Waals surface area contributed by atoms with Crippen LogP contribution in [0.2, 0.25) is 0 Å². The molecule has 8 heteroatoms. The molecule has 2 N–H and O–H groups in total. The molecule has 2 amide bonds. The van der Waals surface area contributed by atoms with Crippen molar-refractivity contribution in [2.45, 2.75) is 0 Å². The van der Waals surface area contributed by atoms with Crippen molar-refractivity contribution in [2.75, 3.05) is 0 Å². The van der Waals surface area contributed by atoms with Gasteiger partial charge in [-0.3, -0.25) is 20.4 Å². The van der Waals surface area contributed by atoms with Gasteiger partial charge in [0.25, 0.3) is 11.8 Å². The van der Waals surface area contributed by atoms with Crippen molar-refractivity contribution >= 4 is 54.6 Å². The van der Waals surface area contributed by atoms with Crippen molar-refractivity contribution in [2.24, 2.45) is 0 Å². The summed E-state index contributed by atoms with van der Waals surface area (Å²) < 4.78 is 6.48. The van der Waals surface area contributed by atoms with Crippen LogP contribution in [0.15, 0.2) is 66.7 Å². The maximum Gasteiger partial charge on any atom is 0.349 e. The van der Waals surface area contributed by atoms with E-state index in [4.69, 9.17) is 4.42 Å². The number of benzene rings is 2. The molecule has 6 nitrogen and oxygen atoms in total. The molecule has 0 saturated heterocycles. The quantitative estimate of drug-likeness (QED) is 0.448. The van der Waals surface area contributed by atoms with Crippen molar-refractivity contribution in [3.8, 4) is 0 Å². The summed E-state index contributed by atoms with van der Waals surface area (Å²) in [7, 11) is 0. The van der Waals surface area contributed by atoms with Crippen molar-refractivity contribution in [1.29, 1.82) is 0 Å². The van der Waals surface area contributed by atoms with Gasteiger partial charge < -0.3 is 4.42 Å². The van der Waals surface area contributed by atoms with E-state index in [2.05, 4.69) is 42.7 Å². The van der Waals surface area contributed by atoms with Gasteiger partial charge in [-0.2, -0.15) is 0 Å². The summed E-state index contributed by atoms with van der Waals surface area (Å²) in [5, 5.41) is 0.580. The average molecular weight is 466 g/mol. The number of hydrogen-bond donors (Lipinski definition) is 2. The highest BCUT2D eigenvalue weighted by Crippen LogP contribution is 2.19. The number of fused-ring (bicyclic) bond motifs is 1. The molecule has 0 spiro atoms. The molecule has 126 valence electrons. The highest BCUT2D eigenvalue weighted by Gasteiger charge is 2.16. The molecule has 0 saturated carbocycles. The van der Waals surface area contributed by atoms with E-state index in [1.807, 2.05) is 0 Å². The lowest BCUT2D eigenvalue weighted by atomic mass is 10.2. The van der Waals surface area contributed by atoms with Gasteiger partial charge >= 0.3 is 5.63 Å². The fourth-order valence-corrected chi connectivity index (χ4v) is 2.99. The van der Waals surface area contributed by atoms with Crippen LogP contribution in [0, 0.1) is 0 Å². The van der Waals surface area contributed by atoms with E-state index in [-0.39, 0.29) is 5.56 Å². The summed E-state index contributed by atoms with van der Waals surface area (Å²) in [6.45, 7) is 0. The van der Waals surface area contributed by atoms with Crippen LogP contribution >= 0.6 is 31.9 Å². The maximum atomic E-state index is 12.2. The van der Waals surface area contributed by atoms with Gasteiger partial charge in [0.05, 0.1) is 5.56 Å². The minimum Gasteiger partial charge on any atom is -0.422 e. The minimum absolute atomic E-state index is 0.210. The zero-order valence-electron chi connectivity index (χ0n) is 12.5. The monoisotopic (exact) mass is 464 g/mol. The van der Waals surface area contributed by atoms with E-state index < -0.39 is 17.4 Å². The Balaban J connectivity index is 1.80. The molecule has 25 heavy (non-hydrogen) atoms. The Bertz CT molecular complexity index is 1050. The van der Waals surface area contributed by atoms with Crippen LogP contribution in [-0.2, 0) is 0 Å². The first kappa shape index (κ1) is 17.4. The van der Waals surface area contributed by atoms with Gasteiger partial charge in [-0.1, -0.05) is 28.1 Å². The molecule has 0 radical (unpaired) electrons. The molecule has 0 aliphatic heterocycles. The summed E-state index contributed by atoms with van der Waals surface area (Å²) in [6, 6.07) is 13.2. The zero-order chi connectivity index (χ0) is 18.0. The largest absolute Gasteiger partial charge is 0.422 e. The SMILES string of the molecule is O=C(NNC(=O)c1cc2cc(Br)ccc2oc1=O)c1ccccc1Br. The Kier molecular flexibility index (Phi) is 5.00. The first-order chi connectivity index (χ1) is 12.0. The first-order valence-corrected chi connectivity index (χ1v) is 8.63. The molecule has 1 aromatic heterocycles. The maximum absolute atomic E-state index is 12.2. The molecule has 0 unspecified atom stereocenters. The van der Waals surface area contributed by atoms with Crippen LogP contribution in [0.3, 0.4) is 0 Å². The summed E-state index contributed by atoms with van der Waals surface area (Å²) in [4.78, 5) is 36.3. The Morgan fingerprint density at radius 3 is 2.28 bits per heavy atom. The predicted octanol–water partition coefficient (Wildman–Crippen LogP) is 3.39. The number of hydrogen-bond acceptors (Lipinski definition) is 4. The molecule has 2 aromatic carbocycles. The van der Waals surface area contributed by atoms with Crippen molar-refractivity contribution in [3.63, 3.8) is 0 Å². The van der Waals surface area contributed by atoms with Crippen molar-refractivity contribution in [1.82, 2.24) is 10.9 Å². The number of hydrazine groups is 1. The van der Waals surface area contributed by atoms with Crippen LogP contribution in [0.25, 0.3) is 11.0 Å². The van der Waals surface area contributed by atoms with Crippen molar-refractivity contribution < 1.29 is 14.0 Å². The summed E-state index contributed by atoms with van der Waals surface area (Å²) in [5.74, 6) is -1.29. The van der Waals surface area contributed by atoms with Gasteiger partial charge in [-0.25, -0.2) is 4.79 Å². The number of carbonyl (C=O) groups excluding carboxylic acids is 2. The van der Waals surface area contributed by atoms with Crippen LogP contribution < -0.4 is 16.5 Å². The fraction of sp³-hybridized carbons (Fsp3) is 0. The summed E-state index contributed by atoms with van der Waals surface area (Å²) in [5.41, 5.74) is 4.19. The molecule has 0 aliphatic rings. The summed E-state index contributed by atoms with van der Waals surface area (Å²) >= 11 is 6.56. The topological polar surface area (TPSA) is 88.4 Å². The molecule has 0 fully saturated rings. The van der Waals surface area contributed by atoms with Crippen molar-refractivity contribution in [3.05, 3.63) is 79.0 Å². The third kappa shape index (κ3) is 3.80. The number of rotatable bonds is 2. The normalized spacial score (nSPS) is 10.5. The Morgan fingerprint density at radius 2 is 1.56 bits per heavy atom. The summed E-state index contributed by atoms with van der Waals surface area (Å²) in [6.07, 6.45) is 0. The highest BCUT2D eigenvalue weighted by atomic mass is 79.9. The second-order valence-corrected chi connectivity index (χ2v) is 6.79. The van der Waals surface area contributed by atoms with Gasteiger partial charge in [-0.05, 0) is 52.3 Å². The van der Waals surface area contributed by atoms with E-state index in [0.29, 0.717) is 21.0 Å². The first-order valence-electron chi connectivity index (χ1n) is 7.04. The number of nitrogens with one attached hydrogen (secondary N) is 2. The van der Waals surface area contributed by atoms with Crippen LogP contribution in [0.1, 0.15) is 20.7 Å². The van der Waals surface area contributed by atoms with Gasteiger partial charge in [0, 0.05) is 14.3 Å². The molecule has 3 rings (SSSR count). The van der Waals surface area contributed by atoms with Gasteiger partial charge in [0.15, 0.2) is 0 Å². The van der Waals surface area contributed by atoms with Gasteiger partial charge in [-0.15, -0.1) is 0 Å². The predicted molar refractivity (Wildman–Crippen MR) is 99.3 cm³/mol. The second kappa shape index (κ2) is 7.20. The average Bonchev–Trinajstić information content (AvgIpc) is 2.59. The molecule has 1 heterocycles. The Labute approximate surface area is 158 Å². The van der Waals surface area contributed by atoms with E-state index in [1.165, 1.54) is 6.07 Å².